The van der Waals surface area contributed by atoms with Crippen molar-refractivity contribution in [3.05, 3.63) is 59.7 Å². The second-order valence-electron chi connectivity index (χ2n) is 7.55. The number of hydrogen-bond acceptors (Lipinski definition) is 6. The van der Waals surface area contributed by atoms with Gasteiger partial charge >= 0.3 is 0 Å². The number of fused-ring (bicyclic) bond motifs is 3. The molecule has 4 aromatic rings. The highest BCUT2D eigenvalue weighted by molar-refractivity contribution is 6.06. The number of anilines is 1. The van der Waals surface area contributed by atoms with Gasteiger partial charge in [-0.3, -0.25) is 4.98 Å². The number of aromatic nitrogens is 4. The van der Waals surface area contributed by atoms with Gasteiger partial charge in [0.05, 0.1) is 11.0 Å². The second kappa shape index (κ2) is 7.42. The van der Waals surface area contributed by atoms with E-state index in [-0.39, 0.29) is 12.5 Å². The van der Waals surface area contributed by atoms with Gasteiger partial charge in [0.1, 0.15) is 17.9 Å². The second-order valence-corrected chi connectivity index (χ2v) is 7.55. The van der Waals surface area contributed by atoms with Crippen LogP contribution in [0.5, 0.6) is 0 Å². The maximum Gasteiger partial charge on any atom is 0.152 e. The van der Waals surface area contributed by atoms with Crippen LogP contribution in [0.2, 0.25) is 0 Å². The van der Waals surface area contributed by atoms with Gasteiger partial charge in [-0.15, -0.1) is 0 Å². The van der Waals surface area contributed by atoms with Gasteiger partial charge in [-0.25, -0.2) is 9.97 Å². The summed E-state index contributed by atoms with van der Waals surface area (Å²) in [6, 6.07) is 10.5. The minimum Gasteiger partial charge on any atom is -0.388 e. The van der Waals surface area contributed by atoms with Gasteiger partial charge in [-0.05, 0) is 42.0 Å². The lowest BCUT2D eigenvalue weighted by atomic mass is 9.77. The molecule has 7 heteroatoms. The van der Waals surface area contributed by atoms with Crippen LogP contribution in [0.3, 0.4) is 0 Å². The summed E-state index contributed by atoms with van der Waals surface area (Å²) in [5.74, 6) is 1.57. The minimum atomic E-state index is -0.166. The molecule has 0 bridgehead atoms. The van der Waals surface area contributed by atoms with Crippen LogP contribution in [-0.2, 0) is 11.3 Å². The summed E-state index contributed by atoms with van der Waals surface area (Å²) < 4.78 is 5.59. The predicted octanol–water partition coefficient (Wildman–Crippen LogP) is 3.14. The van der Waals surface area contributed by atoms with E-state index in [4.69, 9.17) is 10.5 Å². The summed E-state index contributed by atoms with van der Waals surface area (Å²) in [4.78, 5) is 16.5. The van der Waals surface area contributed by atoms with Gasteiger partial charge in [0.25, 0.3) is 0 Å². The fourth-order valence-corrected chi connectivity index (χ4v) is 4.45. The van der Waals surface area contributed by atoms with E-state index in [0.717, 1.165) is 42.5 Å². The number of rotatable bonds is 4. The van der Waals surface area contributed by atoms with Crippen LogP contribution in [0.4, 0.5) is 5.82 Å². The molecule has 7 nitrogen and oxygen atoms in total. The van der Waals surface area contributed by atoms with Gasteiger partial charge in [0.15, 0.2) is 5.82 Å². The van der Waals surface area contributed by atoms with Crippen molar-refractivity contribution < 1.29 is 9.84 Å². The number of ether oxygens (including phenoxy) is 1. The molecule has 5 rings (SSSR count). The maximum absolute atomic E-state index is 9.42. The first-order valence-corrected chi connectivity index (χ1v) is 9.91. The molecule has 1 fully saturated rings. The molecule has 29 heavy (non-hydrogen) atoms. The lowest BCUT2D eigenvalue weighted by Gasteiger charge is -2.31. The Morgan fingerprint density at radius 1 is 1.17 bits per heavy atom. The van der Waals surface area contributed by atoms with E-state index in [1.807, 2.05) is 12.3 Å². The molecule has 148 valence electrons. The standard InChI is InChI=1S/C22H23N5O2/c23-22-21-20(26-18(12-28)27-21)16-4-3-14(10-17(16)25-22)19(13-5-8-29-9-6-13)15-2-1-7-24-11-15/h1-4,7,10-11,13,19,28H,5-6,8-9,12H2,(H2,23,25)(H,26,27). The monoisotopic (exact) mass is 389 g/mol. The number of hydrogen-bond donors (Lipinski definition) is 3. The Morgan fingerprint density at radius 2 is 2.03 bits per heavy atom. The Labute approximate surface area is 168 Å². The van der Waals surface area contributed by atoms with Crippen LogP contribution >= 0.6 is 0 Å². The number of benzene rings is 1. The van der Waals surface area contributed by atoms with Crippen LogP contribution in [0.25, 0.3) is 21.9 Å². The largest absolute Gasteiger partial charge is 0.388 e. The number of aliphatic hydroxyl groups excluding tert-OH is 1. The van der Waals surface area contributed by atoms with Crippen molar-refractivity contribution in [2.45, 2.75) is 25.4 Å². The van der Waals surface area contributed by atoms with Crippen LogP contribution in [0.1, 0.15) is 35.7 Å². The van der Waals surface area contributed by atoms with Gasteiger partial charge in [0.2, 0.25) is 0 Å². The van der Waals surface area contributed by atoms with Crippen LogP contribution in [0, 0.1) is 5.92 Å². The van der Waals surface area contributed by atoms with Crippen LogP contribution in [0.15, 0.2) is 42.7 Å². The average molecular weight is 389 g/mol. The molecule has 4 heterocycles. The van der Waals surface area contributed by atoms with E-state index >= 15 is 0 Å². The molecule has 1 saturated heterocycles. The Hall–Kier alpha value is -3.03. The minimum absolute atomic E-state index is 0.166. The summed E-state index contributed by atoms with van der Waals surface area (Å²) in [5.41, 5.74) is 10.8. The van der Waals surface area contributed by atoms with E-state index < -0.39 is 0 Å². The normalized spacial score (nSPS) is 16.4. The van der Waals surface area contributed by atoms with Crippen molar-refractivity contribution in [1.29, 1.82) is 0 Å². The number of aliphatic hydroxyl groups is 1. The number of imidazole rings is 1. The number of pyridine rings is 2. The van der Waals surface area contributed by atoms with Crippen LogP contribution < -0.4 is 5.73 Å². The van der Waals surface area contributed by atoms with E-state index in [9.17, 15) is 5.11 Å². The molecule has 1 atom stereocenters. The average Bonchev–Trinajstić information content (AvgIpc) is 3.21. The summed E-state index contributed by atoms with van der Waals surface area (Å²) >= 11 is 0. The van der Waals surface area contributed by atoms with Gasteiger partial charge in [0, 0.05) is 36.9 Å². The third-order valence-electron chi connectivity index (χ3n) is 5.82. The zero-order valence-electron chi connectivity index (χ0n) is 16.0. The summed E-state index contributed by atoms with van der Waals surface area (Å²) in [5, 5.41) is 10.4. The molecule has 0 radical (unpaired) electrons. The van der Waals surface area contributed by atoms with E-state index in [0.29, 0.717) is 23.1 Å². The molecule has 0 spiro atoms. The number of aromatic amines is 1. The number of H-pyrrole nitrogens is 1. The topological polar surface area (TPSA) is 110 Å². The molecule has 1 aliphatic rings. The fraction of sp³-hybridized carbons (Fsp3) is 0.318. The van der Waals surface area contributed by atoms with Crippen molar-refractivity contribution in [3.8, 4) is 0 Å². The highest BCUT2D eigenvalue weighted by Gasteiger charge is 2.27. The number of nitrogens with one attached hydrogen (secondary N) is 1. The Bertz CT molecular complexity index is 1150. The number of nitrogens with two attached hydrogens (primary N) is 1. The first-order valence-electron chi connectivity index (χ1n) is 9.91. The lowest BCUT2D eigenvalue weighted by molar-refractivity contribution is 0.0616. The summed E-state index contributed by atoms with van der Waals surface area (Å²) in [7, 11) is 0. The van der Waals surface area contributed by atoms with Gasteiger partial charge in [-0.2, -0.15) is 0 Å². The van der Waals surface area contributed by atoms with E-state index in [2.05, 4.69) is 44.2 Å². The number of nitrogen functional groups attached to an aromatic ring is 1. The smallest absolute Gasteiger partial charge is 0.152 e. The van der Waals surface area contributed by atoms with Crippen molar-refractivity contribution in [2.75, 3.05) is 18.9 Å². The molecule has 4 N–H and O–H groups in total. The number of nitrogens with zero attached hydrogens (tertiary/aromatic N) is 3. The summed E-state index contributed by atoms with van der Waals surface area (Å²) in [6.45, 7) is 1.42. The molecule has 1 unspecified atom stereocenters. The van der Waals surface area contributed by atoms with Gasteiger partial charge < -0.3 is 20.6 Å². The van der Waals surface area contributed by atoms with Crippen molar-refractivity contribution in [2.24, 2.45) is 5.92 Å². The highest BCUT2D eigenvalue weighted by Crippen LogP contribution is 2.39. The first kappa shape index (κ1) is 18.0. The lowest BCUT2D eigenvalue weighted by Crippen LogP contribution is -2.23. The van der Waals surface area contributed by atoms with E-state index in [1.54, 1.807) is 6.20 Å². The SMILES string of the molecule is Nc1nc2cc(C(c3cccnc3)C3CCOCC3)ccc2c2[nH]c(CO)nc12. The zero-order chi connectivity index (χ0) is 19.8. The van der Waals surface area contributed by atoms with Crippen molar-refractivity contribution >= 4 is 27.8 Å². The van der Waals surface area contributed by atoms with Gasteiger partial charge in [-0.1, -0.05) is 18.2 Å². The summed E-state index contributed by atoms with van der Waals surface area (Å²) in [6.07, 6.45) is 5.80. The molecule has 3 aromatic heterocycles. The quantitative estimate of drug-likeness (QED) is 0.495. The zero-order valence-corrected chi connectivity index (χ0v) is 16.0. The Kier molecular flexibility index (Phi) is 4.61. The molecular formula is C22H23N5O2. The van der Waals surface area contributed by atoms with Crippen molar-refractivity contribution in [3.63, 3.8) is 0 Å². The first-order chi connectivity index (χ1) is 14.2. The highest BCUT2D eigenvalue weighted by atomic mass is 16.5. The third kappa shape index (κ3) is 3.22. The Morgan fingerprint density at radius 3 is 2.79 bits per heavy atom. The fourth-order valence-electron chi connectivity index (χ4n) is 4.45. The maximum atomic E-state index is 9.42. The van der Waals surface area contributed by atoms with E-state index in [1.165, 1.54) is 11.1 Å². The van der Waals surface area contributed by atoms with Crippen molar-refractivity contribution in [1.82, 2.24) is 19.9 Å². The molecule has 1 aliphatic heterocycles. The molecular weight excluding hydrogens is 366 g/mol. The third-order valence-corrected chi connectivity index (χ3v) is 5.82. The molecule has 1 aromatic carbocycles. The molecule has 0 amide bonds. The Balaban J connectivity index is 1.66. The predicted molar refractivity (Wildman–Crippen MR) is 111 cm³/mol. The molecule has 0 aliphatic carbocycles. The molecule has 0 saturated carbocycles. The van der Waals surface area contributed by atoms with Crippen LogP contribution in [-0.4, -0.2) is 38.3 Å².